The number of nitrogens with zero attached hydrogens (tertiary/aromatic N) is 3. The summed E-state index contributed by atoms with van der Waals surface area (Å²) in [4.78, 5) is 11.7. The molecule has 0 aliphatic heterocycles. The van der Waals surface area contributed by atoms with Gasteiger partial charge in [-0.15, -0.1) is 0 Å². The Labute approximate surface area is 123 Å². The van der Waals surface area contributed by atoms with Crippen LogP contribution in [0.4, 0.5) is 0 Å². The van der Waals surface area contributed by atoms with E-state index in [0.717, 1.165) is 17.8 Å². The lowest BCUT2D eigenvalue weighted by atomic mass is 10.2. The van der Waals surface area contributed by atoms with Crippen LogP contribution in [-0.2, 0) is 0 Å². The van der Waals surface area contributed by atoms with Gasteiger partial charge < -0.3 is 10.3 Å². The van der Waals surface area contributed by atoms with Gasteiger partial charge in [-0.2, -0.15) is 5.10 Å². The molecule has 0 bridgehead atoms. The van der Waals surface area contributed by atoms with Crippen molar-refractivity contribution in [2.45, 2.75) is 20.8 Å². The number of aromatic amines is 1. The van der Waals surface area contributed by atoms with Crippen LogP contribution in [0.3, 0.4) is 0 Å². The molecule has 2 rings (SSSR count). The molecule has 0 fully saturated rings. The number of fused-ring (bicyclic) bond motifs is 1. The van der Waals surface area contributed by atoms with E-state index < -0.39 is 0 Å². The second-order valence-electron chi connectivity index (χ2n) is 4.87. The van der Waals surface area contributed by atoms with Gasteiger partial charge in [-0.05, 0) is 37.2 Å². The quantitative estimate of drug-likeness (QED) is 0.455. The minimum atomic E-state index is 0.507. The van der Waals surface area contributed by atoms with Crippen molar-refractivity contribution in [3.05, 3.63) is 24.2 Å². The molecule has 6 nitrogen and oxygen atoms in total. The molecule has 0 aliphatic carbocycles. The van der Waals surface area contributed by atoms with Crippen molar-refractivity contribution in [1.29, 1.82) is 0 Å². The molecular weight excluding hydrogens is 272 g/mol. The second kappa shape index (κ2) is 6.42. The van der Waals surface area contributed by atoms with Crippen molar-refractivity contribution >= 4 is 34.2 Å². The summed E-state index contributed by atoms with van der Waals surface area (Å²) in [6, 6.07) is 3.79. The summed E-state index contributed by atoms with van der Waals surface area (Å²) >= 11 is 5.13. The fraction of sp³-hybridized carbons (Fsp3) is 0.385. The topological polar surface area (TPSA) is 78.0 Å². The van der Waals surface area contributed by atoms with Gasteiger partial charge in [-0.1, -0.05) is 13.8 Å². The fourth-order valence-electron chi connectivity index (χ4n) is 1.54. The smallest absolute Gasteiger partial charge is 0.186 e. The SMILES string of the molecule is C/C(=N\NC(=S)NCC(C)C)c1nc2ncccc2[nH]1. The number of nitrogens with one attached hydrogen (secondary N) is 3. The number of aromatic nitrogens is 3. The van der Waals surface area contributed by atoms with Crippen LogP contribution in [0.15, 0.2) is 23.4 Å². The summed E-state index contributed by atoms with van der Waals surface area (Å²) in [6.45, 7) is 6.90. The van der Waals surface area contributed by atoms with Crippen molar-refractivity contribution in [3.8, 4) is 0 Å². The molecule has 20 heavy (non-hydrogen) atoms. The van der Waals surface area contributed by atoms with E-state index in [1.807, 2.05) is 19.1 Å². The van der Waals surface area contributed by atoms with E-state index in [2.05, 4.69) is 44.6 Å². The van der Waals surface area contributed by atoms with E-state index in [1.54, 1.807) is 6.20 Å². The maximum atomic E-state index is 5.13. The van der Waals surface area contributed by atoms with E-state index in [4.69, 9.17) is 12.2 Å². The average molecular weight is 290 g/mol. The zero-order valence-corrected chi connectivity index (χ0v) is 12.6. The van der Waals surface area contributed by atoms with Crippen LogP contribution in [0, 0.1) is 5.92 Å². The summed E-state index contributed by atoms with van der Waals surface area (Å²) < 4.78 is 0. The molecule has 0 atom stereocenters. The lowest BCUT2D eigenvalue weighted by molar-refractivity contribution is 0.621. The molecule has 2 aromatic rings. The van der Waals surface area contributed by atoms with Crippen LogP contribution < -0.4 is 10.7 Å². The first-order valence-corrected chi connectivity index (χ1v) is 6.86. The molecular formula is C13H18N6S. The Kier molecular flexibility index (Phi) is 4.62. The highest BCUT2D eigenvalue weighted by Crippen LogP contribution is 2.07. The molecule has 106 valence electrons. The van der Waals surface area contributed by atoms with Gasteiger partial charge >= 0.3 is 0 Å². The summed E-state index contributed by atoms with van der Waals surface area (Å²) in [7, 11) is 0. The van der Waals surface area contributed by atoms with Gasteiger partial charge in [0.2, 0.25) is 0 Å². The van der Waals surface area contributed by atoms with Crippen molar-refractivity contribution in [1.82, 2.24) is 25.7 Å². The van der Waals surface area contributed by atoms with E-state index >= 15 is 0 Å². The number of H-pyrrole nitrogens is 1. The van der Waals surface area contributed by atoms with Crippen LogP contribution in [-0.4, -0.2) is 32.3 Å². The molecule has 0 aromatic carbocycles. The van der Waals surface area contributed by atoms with Gasteiger partial charge in [0.25, 0.3) is 0 Å². The Hall–Kier alpha value is -2.02. The van der Waals surface area contributed by atoms with Gasteiger partial charge in [0.15, 0.2) is 16.6 Å². The lowest BCUT2D eigenvalue weighted by Crippen LogP contribution is -2.34. The third-order valence-corrected chi connectivity index (χ3v) is 2.83. The first kappa shape index (κ1) is 14.4. The van der Waals surface area contributed by atoms with Gasteiger partial charge in [0.1, 0.15) is 5.71 Å². The number of rotatable bonds is 4. The summed E-state index contributed by atoms with van der Waals surface area (Å²) in [5.74, 6) is 1.21. The third-order valence-electron chi connectivity index (χ3n) is 2.60. The maximum Gasteiger partial charge on any atom is 0.186 e. The standard InChI is InChI=1S/C13H18N6S/c1-8(2)7-15-13(20)19-18-9(3)11-16-10-5-4-6-14-12(10)17-11/h4-6,8H,7H2,1-3H3,(H,14,16,17)(H2,15,19,20)/b18-9+. The molecule has 7 heteroatoms. The van der Waals surface area contributed by atoms with Crippen molar-refractivity contribution < 1.29 is 0 Å². The van der Waals surface area contributed by atoms with Gasteiger partial charge in [-0.3, -0.25) is 5.43 Å². The highest BCUT2D eigenvalue weighted by Gasteiger charge is 2.06. The Morgan fingerprint density at radius 2 is 2.30 bits per heavy atom. The van der Waals surface area contributed by atoms with E-state index in [0.29, 0.717) is 22.5 Å². The minimum absolute atomic E-state index is 0.507. The largest absolute Gasteiger partial charge is 0.361 e. The number of hydrogen-bond donors (Lipinski definition) is 3. The first-order chi connectivity index (χ1) is 9.56. The van der Waals surface area contributed by atoms with E-state index in [-0.39, 0.29) is 0 Å². The first-order valence-electron chi connectivity index (χ1n) is 6.45. The number of thiocarbonyl (C=S) groups is 1. The highest BCUT2D eigenvalue weighted by atomic mass is 32.1. The van der Waals surface area contributed by atoms with Crippen LogP contribution in [0.5, 0.6) is 0 Å². The molecule has 2 heterocycles. The van der Waals surface area contributed by atoms with Crippen LogP contribution in [0.25, 0.3) is 11.2 Å². The predicted molar refractivity (Wildman–Crippen MR) is 84.7 cm³/mol. The van der Waals surface area contributed by atoms with Crippen molar-refractivity contribution in [3.63, 3.8) is 0 Å². The molecule has 0 spiro atoms. The molecule has 2 aromatic heterocycles. The van der Waals surface area contributed by atoms with Crippen molar-refractivity contribution in [2.24, 2.45) is 11.0 Å². The monoisotopic (exact) mass is 290 g/mol. The number of hydrogen-bond acceptors (Lipinski definition) is 4. The lowest BCUT2D eigenvalue weighted by Gasteiger charge is -2.09. The summed E-state index contributed by atoms with van der Waals surface area (Å²) in [6.07, 6.45) is 1.71. The number of hydrazone groups is 1. The number of pyridine rings is 1. The fourth-order valence-corrected chi connectivity index (χ4v) is 1.67. The van der Waals surface area contributed by atoms with E-state index in [9.17, 15) is 0 Å². The molecule has 0 saturated heterocycles. The van der Waals surface area contributed by atoms with E-state index in [1.165, 1.54) is 0 Å². The van der Waals surface area contributed by atoms with Gasteiger partial charge in [0, 0.05) is 12.7 Å². The molecule has 0 unspecified atom stereocenters. The molecule has 0 saturated carbocycles. The molecule has 3 N–H and O–H groups in total. The Morgan fingerprint density at radius 3 is 3.00 bits per heavy atom. The molecule has 0 aliphatic rings. The predicted octanol–water partition coefficient (Wildman–Crippen LogP) is 1.80. The van der Waals surface area contributed by atoms with Gasteiger partial charge in [-0.25, -0.2) is 9.97 Å². The van der Waals surface area contributed by atoms with Gasteiger partial charge in [0.05, 0.1) is 5.52 Å². The number of imidazole rings is 1. The van der Waals surface area contributed by atoms with Crippen LogP contribution >= 0.6 is 12.2 Å². The van der Waals surface area contributed by atoms with Crippen molar-refractivity contribution in [2.75, 3.05) is 6.54 Å². The third kappa shape index (κ3) is 3.74. The zero-order chi connectivity index (χ0) is 14.5. The Morgan fingerprint density at radius 1 is 1.50 bits per heavy atom. The zero-order valence-electron chi connectivity index (χ0n) is 11.8. The molecule has 0 radical (unpaired) electrons. The highest BCUT2D eigenvalue weighted by molar-refractivity contribution is 7.80. The summed E-state index contributed by atoms with van der Waals surface area (Å²) in [5, 5.41) is 7.80. The van der Waals surface area contributed by atoms with Crippen LogP contribution in [0.2, 0.25) is 0 Å². The normalized spacial score (nSPS) is 11.9. The summed E-state index contributed by atoms with van der Waals surface area (Å²) in [5.41, 5.74) is 5.09. The van der Waals surface area contributed by atoms with Crippen LogP contribution in [0.1, 0.15) is 26.6 Å². The maximum absolute atomic E-state index is 5.13. The minimum Gasteiger partial charge on any atom is -0.361 e. The molecule has 0 amide bonds. The second-order valence-corrected chi connectivity index (χ2v) is 5.28. The average Bonchev–Trinajstić information content (AvgIpc) is 2.86. The Bertz CT molecular complexity index is 598. The Balaban J connectivity index is 2.01.